The molecular weight excluding hydrogens is 390 g/mol. The second-order valence-electron chi connectivity index (χ2n) is 8.49. The largest absolute Gasteiger partial charge is 0.383 e. The summed E-state index contributed by atoms with van der Waals surface area (Å²) in [6.07, 6.45) is 9.11. The van der Waals surface area contributed by atoms with Crippen LogP contribution >= 0.6 is 0 Å². The quantitative estimate of drug-likeness (QED) is 0.314. The molecule has 2 N–H and O–H groups in total. The number of hydrogen-bond donors (Lipinski definition) is 1. The predicted octanol–water partition coefficient (Wildman–Crippen LogP) is 6.15. The summed E-state index contributed by atoms with van der Waals surface area (Å²) in [6.45, 7) is 2.72. The van der Waals surface area contributed by atoms with Crippen LogP contribution in [-0.4, -0.2) is 11.7 Å². The summed E-state index contributed by atoms with van der Waals surface area (Å²) < 4.78 is 0. The molecule has 0 aliphatic heterocycles. The Labute approximate surface area is 189 Å². The summed E-state index contributed by atoms with van der Waals surface area (Å²) >= 11 is 0. The van der Waals surface area contributed by atoms with Gasteiger partial charge in [-0.25, -0.2) is 4.99 Å². The van der Waals surface area contributed by atoms with Gasteiger partial charge >= 0.3 is 0 Å². The van der Waals surface area contributed by atoms with Gasteiger partial charge in [-0.15, -0.1) is 0 Å². The van der Waals surface area contributed by atoms with E-state index in [4.69, 9.17) is 15.7 Å². The van der Waals surface area contributed by atoms with Crippen molar-refractivity contribution in [1.82, 2.24) is 0 Å². The first kappa shape index (κ1) is 20.2. The molecule has 3 aromatic rings. The molecule has 0 bridgehead atoms. The third-order valence-corrected chi connectivity index (χ3v) is 6.12. The Morgan fingerprint density at radius 1 is 0.938 bits per heavy atom. The molecule has 0 aromatic heterocycles. The van der Waals surface area contributed by atoms with Gasteiger partial charge in [-0.05, 0) is 65.6 Å². The van der Waals surface area contributed by atoms with Gasteiger partial charge in [0.1, 0.15) is 5.84 Å². The number of nitrogens with zero attached hydrogens (tertiary/aromatic N) is 2. The van der Waals surface area contributed by atoms with Gasteiger partial charge in [-0.2, -0.15) is 0 Å². The molecule has 0 fully saturated rings. The third-order valence-electron chi connectivity index (χ3n) is 6.12. The molecule has 0 unspecified atom stereocenters. The number of allylic oxidation sites excluding steroid dienone is 3. The molecule has 158 valence electrons. The standard InChI is InChI=1S/C29H27N3/c1-20-12-13-23-17-25-18-24(14-15-26(25)27(23)16-20)29(31-19-21-8-4-2-5-9-21)32-28(30)22-10-6-3-7-11-22/h2-6,8-10,12-16,18H,7,11,17,19H2,1H3,(H2,30,31,32). The highest BCUT2D eigenvalue weighted by Gasteiger charge is 2.20. The van der Waals surface area contributed by atoms with E-state index in [0.29, 0.717) is 18.2 Å². The van der Waals surface area contributed by atoms with Crippen molar-refractivity contribution >= 4 is 11.7 Å². The van der Waals surface area contributed by atoms with Crippen LogP contribution in [0.5, 0.6) is 0 Å². The van der Waals surface area contributed by atoms with Crippen LogP contribution < -0.4 is 5.73 Å². The van der Waals surface area contributed by atoms with Gasteiger partial charge in [0.2, 0.25) is 0 Å². The summed E-state index contributed by atoms with van der Waals surface area (Å²) in [5.74, 6) is 1.25. The van der Waals surface area contributed by atoms with E-state index in [1.165, 1.54) is 27.8 Å². The fraction of sp³-hybridized carbons (Fsp3) is 0.172. The van der Waals surface area contributed by atoms with Crippen molar-refractivity contribution in [2.45, 2.75) is 32.7 Å². The van der Waals surface area contributed by atoms with Crippen LogP contribution in [-0.2, 0) is 13.0 Å². The lowest BCUT2D eigenvalue weighted by Gasteiger charge is -2.11. The predicted molar refractivity (Wildman–Crippen MR) is 134 cm³/mol. The smallest absolute Gasteiger partial charge is 0.157 e. The normalized spacial score (nSPS) is 15.3. The van der Waals surface area contributed by atoms with Gasteiger partial charge in [0, 0.05) is 5.56 Å². The maximum atomic E-state index is 6.42. The van der Waals surface area contributed by atoms with Crippen LogP contribution in [0.2, 0.25) is 0 Å². The molecule has 0 radical (unpaired) electrons. The molecule has 2 aliphatic carbocycles. The van der Waals surface area contributed by atoms with Crippen molar-refractivity contribution in [3.63, 3.8) is 0 Å². The average molecular weight is 418 g/mol. The summed E-state index contributed by atoms with van der Waals surface area (Å²) in [7, 11) is 0. The SMILES string of the molecule is Cc1ccc2c(c1)-c1ccc(C(N=C(N)C3=CC=CCC3)=NCc3ccccc3)cc1C2. The lowest BCUT2D eigenvalue weighted by molar-refractivity contribution is 0.999. The molecule has 0 atom stereocenters. The molecule has 3 aromatic carbocycles. The van der Waals surface area contributed by atoms with Crippen molar-refractivity contribution in [1.29, 1.82) is 0 Å². The third kappa shape index (κ3) is 4.19. The number of benzene rings is 3. The second kappa shape index (κ2) is 8.80. The molecule has 3 heteroatoms. The minimum atomic E-state index is 0.556. The van der Waals surface area contributed by atoms with Crippen LogP contribution in [0, 0.1) is 6.92 Å². The Morgan fingerprint density at radius 3 is 2.62 bits per heavy atom. The van der Waals surface area contributed by atoms with Gasteiger partial charge < -0.3 is 5.73 Å². The van der Waals surface area contributed by atoms with E-state index in [9.17, 15) is 0 Å². The zero-order valence-electron chi connectivity index (χ0n) is 18.4. The molecule has 0 saturated heterocycles. The summed E-state index contributed by atoms with van der Waals surface area (Å²) in [5, 5.41) is 0. The van der Waals surface area contributed by atoms with Gasteiger partial charge in [-0.1, -0.05) is 84.5 Å². The average Bonchev–Trinajstić information content (AvgIpc) is 3.19. The molecule has 0 spiro atoms. The highest BCUT2D eigenvalue weighted by molar-refractivity contribution is 6.11. The Balaban J connectivity index is 1.52. The molecule has 3 nitrogen and oxygen atoms in total. The van der Waals surface area contributed by atoms with Crippen LogP contribution in [0.1, 0.15) is 40.7 Å². The van der Waals surface area contributed by atoms with Crippen molar-refractivity contribution < 1.29 is 0 Å². The number of hydrogen-bond acceptors (Lipinski definition) is 1. The number of nitrogens with two attached hydrogens (primary N) is 1. The van der Waals surface area contributed by atoms with E-state index in [1.807, 2.05) is 18.2 Å². The Hall–Kier alpha value is -3.72. The van der Waals surface area contributed by atoms with E-state index in [0.717, 1.165) is 36.0 Å². The number of aryl methyl sites for hydroxylation is 1. The number of amidine groups is 2. The van der Waals surface area contributed by atoms with Crippen LogP contribution in [0.4, 0.5) is 0 Å². The first-order chi connectivity index (χ1) is 15.7. The Kier molecular flexibility index (Phi) is 5.55. The van der Waals surface area contributed by atoms with E-state index in [2.05, 4.69) is 73.7 Å². The lowest BCUT2D eigenvalue weighted by atomic mass is 10.0. The van der Waals surface area contributed by atoms with Crippen LogP contribution in [0.15, 0.2) is 101 Å². The maximum absolute atomic E-state index is 6.42. The van der Waals surface area contributed by atoms with Gasteiger partial charge in [-0.3, -0.25) is 4.99 Å². The molecule has 2 aliphatic rings. The molecule has 0 amide bonds. The van der Waals surface area contributed by atoms with Crippen molar-refractivity contribution in [3.8, 4) is 11.1 Å². The monoisotopic (exact) mass is 417 g/mol. The van der Waals surface area contributed by atoms with E-state index < -0.39 is 0 Å². The van der Waals surface area contributed by atoms with E-state index in [-0.39, 0.29) is 0 Å². The van der Waals surface area contributed by atoms with Crippen LogP contribution in [0.25, 0.3) is 11.1 Å². The topological polar surface area (TPSA) is 50.7 Å². The molecule has 0 saturated carbocycles. The summed E-state index contributed by atoms with van der Waals surface area (Å²) in [6, 6.07) is 23.6. The zero-order chi connectivity index (χ0) is 21.9. The number of fused-ring (bicyclic) bond motifs is 3. The summed E-state index contributed by atoms with van der Waals surface area (Å²) in [4.78, 5) is 9.71. The number of aliphatic imine (C=N–C) groups is 2. The van der Waals surface area contributed by atoms with Gasteiger partial charge in [0.05, 0.1) is 6.54 Å². The zero-order valence-corrected chi connectivity index (χ0v) is 18.4. The highest BCUT2D eigenvalue weighted by atomic mass is 15.0. The fourth-order valence-corrected chi connectivity index (χ4v) is 4.38. The van der Waals surface area contributed by atoms with Gasteiger partial charge in [0.25, 0.3) is 0 Å². The first-order valence-electron chi connectivity index (χ1n) is 11.2. The molecular formula is C29H27N3. The molecule has 0 heterocycles. The second-order valence-corrected chi connectivity index (χ2v) is 8.49. The van der Waals surface area contributed by atoms with Crippen molar-refractivity contribution in [3.05, 3.63) is 118 Å². The van der Waals surface area contributed by atoms with Crippen LogP contribution in [0.3, 0.4) is 0 Å². The first-order valence-corrected chi connectivity index (χ1v) is 11.2. The van der Waals surface area contributed by atoms with E-state index >= 15 is 0 Å². The molecule has 32 heavy (non-hydrogen) atoms. The van der Waals surface area contributed by atoms with E-state index in [1.54, 1.807) is 0 Å². The van der Waals surface area contributed by atoms with Crippen molar-refractivity contribution in [2.24, 2.45) is 15.7 Å². The minimum absolute atomic E-state index is 0.556. The Morgan fingerprint density at radius 2 is 1.81 bits per heavy atom. The Bertz CT molecular complexity index is 1280. The van der Waals surface area contributed by atoms with Gasteiger partial charge in [0.15, 0.2) is 5.84 Å². The highest BCUT2D eigenvalue weighted by Crippen LogP contribution is 2.37. The lowest BCUT2D eigenvalue weighted by Crippen LogP contribution is -2.18. The fourth-order valence-electron chi connectivity index (χ4n) is 4.38. The maximum Gasteiger partial charge on any atom is 0.157 e. The number of rotatable bonds is 4. The molecule has 5 rings (SSSR count). The minimum Gasteiger partial charge on any atom is -0.383 e. The summed E-state index contributed by atoms with van der Waals surface area (Å²) in [5.41, 5.74) is 16.3. The van der Waals surface area contributed by atoms with Crippen molar-refractivity contribution in [2.75, 3.05) is 0 Å².